The molecule has 0 unspecified atom stereocenters. The molecule has 1 fully saturated rings. The first-order valence-corrected chi connectivity index (χ1v) is 9.57. The first kappa shape index (κ1) is 15.5. The third kappa shape index (κ3) is 3.17. The highest BCUT2D eigenvalue weighted by Crippen LogP contribution is 2.21. The van der Waals surface area contributed by atoms with Crippen LogP contribution in [0.2, 0.25) is 0 Å². The van der Waals surface area contributed by atoms with E-state index < -0.39 is 16.1 Å². The second kappa shape index (κ2) is 6.00. The van der Waals surface area contributed by atoms with Crippen molar-refractivity contribution < 1.29 is 13.2 Å². The van der Waals surface area contributed by atoms with Gasteiger partial charge in [-0.05, 0) is 19.3 Å². The van der Waals surface area contributed by atoms with Crippen molar-refractivity contribution in [1.82, 2.24) is 19.2 Å². The topological polar surface area (TPSA) is 84.3 Å². The number of aryl methyl sites for hydroxylation is 1. The van der Waals surface area contributed by atoms with Gasteiger partial charge < -0.3 is 9.88 Å². The number of hydrogen-bond acceptors (Lipinski definition) is 4. The van der Waals surface area contributed by atoms with E-state index in [0.717, 1.165) is 31.5 Å². The number of hydrogen-bond donors (Lipinski definition) is 1. The van der Waals surface area contributed by atoms with Crippen LogP contribution in [0.15, 0.2) is 12.4 Å². The van der Waals surface area contributed by atoms with E-state index in [4.69, 9.17) is 0 Å². The minimum atomic E-state index is -3.34. The first-order valence-electron chi connectivity index (χ1n) is 7.72. The minimum absolute atomic E-state index is 0.0394. The summed E-state index contributed by atoms with van der Waals surface area (Å²) in [5.41, 5.74) is 0. The number of amides is 1. The van der Waals surface area contributed by atoms with Crippen molar-refractivity contribution in [2.75, 3.05) is 12.8 Å². The van der Waals surface area contributed by atoms with Gasteiger partial charge in [0.05, 0.1) is 6.26 Å². The van der Waals surface area contributed by atoms with Gasteiger partial charge in [0, 0.05) is 37.9 Å². The van der Waals surface area contributed by atoms with Crippen molar-refractivity contribution in [3.63, 3.8) is 0 Å². The number of sulfonamides is 1. The number of imidazole rings is 1. The molecular weight excluding hydrogens is 304 g/mol. The lowest BCUT2D eigenvalue weighted by Gasteiger charge is -2.34. The molecule has 3 heterocycles. The standard InChI is InChI=1S/C14H22N4O3S/c1-22(20,21)18-8-3-2-4-12(18)14(19)16-11-5-6-13-15-7-9-17(13)10-11/h7,9,11-12H,2-6,8,10H2,1H3,(H,16,19)/t11-,12+/m1/s1. The molecular formula is C14H22N4O3S. The van der Waals surface area contributed by atoms with E-state index in [9.17, 15) is 13.2 Å². The van der Waals surface area contributed by atoms with Crippen molar-refractivity contribution in [1.29, 1.82) is 0 Å². The van der Waals surface area contributed by atoms with E-state index in [0.29, 0.717) is 19.5 Å². The number of nitrogens with one attached hydrogen (secondary N) is 1. The van der Waals surface area contributed by atoms with Crippen LogP contribution in [0, 0.1) is 0 Å². The van der Waals surface area contributed by atoms with Gasteiger partial charge in [0.25, 0.3) is 0 Å². The molecule has 0 saturated carbocycles. The van der Waals surface area contributed by atoms with Gasteiger partial charge in [-0.25, -0.2) is 13.4 Å². The molecule has 1 aromatic rings. The third-order valence-electron chi connectivity index (χ3n) is 4.46. The molecule has 0 bridgehead atoms. The van der Waals surface area contributed by atoms with Gasteiger partial charge in [-0.2, -0.15) is 4.31 Å². The smallest absolute Gasteiger partial charge is 0.238 e. The highest BCUT2D eigenvalue weighted by Gasteiger charge is 2.35. The average molecular weight is 326 g/mol. The number of aromatic nitrogens is 2. The highest BCUT2D eigenvalue weighted by atomic mass is 32.2. The van der Waals surface area contributed by atoms with Gasteiger partial charge in [-0.15, -0.1) is 0 Å². The molecule has 22 heavy (non-hydrogen) atoms. The lowest BCUT2D eigenvalue weighted by Crippen LogP contribution is -2.54. The van der Waals surface area contributed by atoms with Crippen LogP contribution in [-0.2, 0) is 27.8 Å². The molecule has 0 aromatic carbocycles. The fraction of sp³-hybridized carbons (Fsp3) is 0.714. The van der Waals surface area contributed by atoms with Gasteiger partial charge in [0.2, 0.25) is 15.9 Å². The second-order valence-corrected chi connectivity index (χ2v) is 8.06. The number of carbonyl (C=O) groups excluding carboxylic acids is 1. The molecule has 122 valence electrons. The zero-order valence-electron chi connectivity index (χ0n) is 12.7. The lowest BCUT2D eigenvalue weighted by atomic mass is 10.0. The molecule has 8 heteroatoms. The molecule has 1 aromatic heterocycles. The Hall–Kier alpha value is -1.41. The van der Waals surface area contributed by atoms with Crippen LogP contribution >= 0.6 is 0 Å². The fourth-order valence-electron chi connectivity index (χ4n) is 3.35. The van der Waals surface area contributed by atoms with Gasteiger partial charge in [0.1, 0.15) is 11.9 Å². The largest absolute Gasteiger partial charge is 0.350 e. The Balaban J connectivity index is 1.66. The Morgan fingerprint density at radius 3 is 2.95 bits per heavy atom. The Bertz CT molecular complexity index is 655. The Labute approximate surface area is 130 Å². The van der Waals surface area contributed by atoms with E-state index in [2.05, 4.69) is 10.3 Å². The zero-order chi connectivity index (χ0) is 15.7. The van der Waals surface area contributed by atoms with Crippen LogP contribution in [0.5, 0.6) is 0 Å². The molecule has 0 radical (unpaired) electrons. The molecule has 2 aliphatic rings. The van der Waals surface area contributed by atoms with Crippen LogP contribution < -0.4 is 5.32 Å². The molecule has 1 N–H and O–H groups in total. The third-order valence-corrected chi connectivity index (χ3v) is 5.75. The maximum Gasteiger partial charge on any atom is 0.238 e. The molecule has 7 nitrogen and oxygen atoms in total. The highest BCUT2D eigenvalue weighted by molar-refractivity contribution is 7.88. The number of piperidine rings is 1. The van der Waals surface area contributed by atoms with Crippen molar-refractivity contribution in [3.8, 4) is 0 Å². The summed E-state index contributed by atoms with van der Waals surface area (Å²) in [5, 5.41) is 3.03. The van der Waals surface area contributed by atoms with Gasteiger partial charge in [-0.3, -0.25) is 4.79 Å². The van der Waals surface area contributed by atoms with Crippen molar-refractivity contribution in [3.05, 3.63) is 18.2 Å². The van der Waals surface area contributed by atoms with E-state index in [-0.39, 0.29) is 11.9 Å². The molecule has 3 rings (SSSR count). The van der Waals surface area contributed by atoms with Crippen molar-refractivity contribution in [2.24, 2.45) is 0 Å². The summed E-state index contributed by atoms with van der Waals surface area (Å²) in [4.78, 5) is 16.8. The first-order chi connectivity index (χ1) is 10.4. The van der Waals surface area contributed by atoms with Crippen LogP contribution in [0.3, 0.4) is 0 Å². The summed E-state index contributed by atoms with van der Waals surface area (Å²) >= 11 is 0. The van der Waals surface area contributed by atoms with E-state index in [1.54, 1.807) is 6.20 Å². The van der Waals surface area contributed by atoms with Gasteiger partial charge in [0.15, 0.2) is 0 Å². The summed E-state index contributed by atoms with van der Waals surface area (Å²) < 4.78 is 27.1. The quantitative estimate of drug-likeness (QED) is 0.855. The lowest BCUT2D eigenvalue weighted by molar-refractivity contribution is -0.126. The number of fused-ring (bicyclic) bond motifs is 1. The molecule has 0 aliphatic carbocycles. The summed E-state index contributed by atoms with van der Waals surface area (Å²) in [6.45, 7) is 1.14. The van der Waals surface area contributed by atoms with Gasteiger partial charge >= 0.3 is 0 Å². The Morgan fingerprint density at radius 2 is 2.18 bits per heavy atom. The van der Waals surface area contributed by atoms with Crippen molar-refractivity contribution >= 4 is 15.9 Å². The molecule has 0 spiro atoms. The normalized spacial score (nSPS) is 26.4. The zero-order valence-corrected chi connectivity index (χ0v) is 13.6. The monoisotopic (exact) mass is 326 g/mol. The van der Waals surface area contributed by atoms with Gasteiger partial charge in [-0.1, -0.05) is 6.42 Å². The summed E-state index contributed by atoms with van der Waals surface area (Å²) in [6.07, 6.45) is 8.84. The van der Waals surface area contributed by atoms with E-state index in [1.165, 1.54) is 10.6 Å². The van der Waals surface area contributed by atoms with Crippen LogP contribution in [0.4, 0.5) is 0 Å². The number of carbonyl (C=O) groups is 1. The molecule has 1 saturated heterocycles. The number of rotatable bonds is 3. The Kier molecular flexibility index (Phi) is 4.22. The summed E-state index contributed by atoms with van der Waals surface area (Å²) in [5.74, 6) is 0.875. The van der Waals surface area contributed by atoms with E-state index in [1.807, 2.05) is 10.8 Å². The number of nitrogens with zero attached hydrogens (tertiary/aromatic N) is 3. The predicted molar refractivity (Wildman–Crippen MR) is 81.7 cm³/mol. The molecule has 2 atom stereocenters. The minimum Gasteiger partial charge on any atom is -0.350 e. The van der Waals surface area contributed by atoms with E-state index >= 15 is 0 Å². The average Bonchev–Trinajstić information content (AvgIpc) is 2.94. The van der Waals surface area contributed by atoms with Crippen LogP contribution in [0.25, 0.3) is 0 Å². The maximum absolute atomic E-state index is 12.5. The second-order valence-electron chi connectivity index (χ2n) is 6.13. The maximum atomic E-state index is 12.5. The van der Waals surface area contributed by atoms with Crippen LogP contribution in [-0.4, -0.2) is 53.1 Å². The molecule has 2 aliphatic heterocycles. The Morgan fingerprint density at radius 1 is 1.36 bits per heavy atom. The SMILES string of the molecule is CS(=O)(=O)N1CCCC[C@H]1C(=O)N[C@@H]1CCc2nccn2C1. The molecule has 1 amide bonds. The predicted octanol–water partition coefficient (Wildman–Crippen LogP) is 0.128. The fourth-order valence-corrected chi connectivity index (χ4v) is 4.47. The van der Waals surface area contributed by atoms with Crippen molar-refractivity contribution in [2.45, 2.75) is 50.7 Å². The summed E-state index contributed by atoms with van der Waals surface area (Å²) in [7, 11) is -3.34. The van der Waals surface area contributed by atoms with Crippen LogP contribution in [0.1, 0.15) is 31.5 Å². The summed E-state index contributed by atoms with van der Waals surface area (Å²) in [6, 6.07) is -0.523.